The Bertz CT molecular complexity index is 204. The molecule has 0 saturated carbocycles. The molecule has 0 aliphatic carbocycles. The van der Waals surface area contributed by atoms with Crippen molar-refractivity contribution in [1.29, 1.82) is 0 Å². The number of aliphatic hydroxyl groups is 1. The number of aliphatic hydroxyl groups excluding tert-OH is 1. The second kappa shape index (κ2) is 9.42. The van der Waals surface area contributed by atoms with Gasteiger partial charge in [-0.2, -0.15) is 0 Å². The zero-order chi connectivity index (χ0) is 13.3. The molecule has 1 amide bonds. The molecule has 0 aromatic heterocycles. The largest absolute Gasteiger partial charge is 0.394 e. The third kappa shape index (κ3) is 7.34. The van der Waals surface area contributed by atoms with Gasteiger partial charge in [-0.05, 0) is 37.6 Å². The maximum Gasteiger partial charge on any atom is 0.220 e. The lowest BCUT2D eigenvalue weighted by Gasteiger charge is -2.20. The molecule has 0 radical (unpaired) electrons. The Morgan fingerprint density at radius 2 is 2.00 bits per heavy atom. The molecule has 4 heteroatoms. The van der Waals surface area contributed by atoms with Crippen LogP contribution in [0, 0.1) is 11.8 Å². The number of nitrogens with one attached hydrogen (secondary N) is 1. The fourth-order valence-electron chi connectivity index (χ4n) is 1.92. The number of nitrogens with two attached hydrogens (primary N) is 1. The van der Waals surface area contributed by atoms with Crippen molar-refractivity contribution in [3.05, 3.63) is 0 Å². The van der Waals surface area contributed by atoms with Gasteiger partial charge in [-0.1, -0.05) is 20.8 Å². The van der Waals surface area contributed by atoms with E-state index in [1.165, 1.54) is 0 Å². The monoisotopic (exact) mass is 244 g/mol. The molecule has 17 heavy (non-hydrogen) atoms. The highest BCUT2D eigenvalue weighted by molar-refractivity contribution is 5.76. The van der Waals surface area contributed by atoms with Crippen molar-refractivity contribution < 1.29 is 9.90 Å². The smallest absolute Gasteiger partial charge is 0.220 e. The first-order valence-electron chi connectivity index (χ1n) is 6.65. The van der Waals surface area contributed by atoms with Crippen LogP contribution < -0.4 is 11.1 Å². The summed E-state index contributed by atoms with van der Waals surface area (Å²) < 4.78 is 0. The summed E-state index contributed by atoms with van der Waals surface area (Å²) in [4.78, 5) is 11.6. The number of amides is 1. The fraction of sp³-hybridized carbons (Fsp3) is 0.923. The first kappa shape index (κ1) is 16.4. The van der Waals surface area contributed by atoms with Gasteiger partial charge in [-0.25, -0.2) is 0 Å². The van der Waals surface area contributed by atoms with E-state index in [4.69, 9.17) is 10.8 Å². The number of rotatable bonds is 9. The molecular formula is C13H28N2O2. The average Bonchev–Trinajstić information content (AvgIpc) is 2.30. The van der Waals surface area contributed by atoms with E-state index in [0.29, 0.717) is 24.8 Å². The number of carbonyl (C=O) groups is 1. The zero-order valence-electron chi connectivity index (χ0n) is 11.4. The molecule has 0 saturated heterocycles. The number of carbonyl (C=O) groups excluding carboxylic acids is 1. The van der Waals surface area contributed by atoms with Gasteiger partial charge >= 0.3 is 0 Å². The summed E-state index contributed by atoms with van der Waals surface area (Å²) >= 11 is 0. The molecule has 0 bridgehead atoms. The maximum absolute atomic E-state index is 11.6. The van der Waals surface area contributed by atoms with E-state index in [9.17, 15) is 4.79 Å². The van der Waals surface area contributed by atoms with Gasteiger partial charge in [0.25, 0.3) is 0 Å². The first-order valence-corrected chi connectivity index (χ1v) is 6.65. The highest BCUT2D eigenvalue weighted by Gasteiger charge is 2.15. The Kier molecular flexibility index (Phi) is 9.09. The normalized spacial score (nSPS) is 14.7. The molecule has 1 unspecified atom stereocenters. The minimum Gasteiger partial charge on any atom is -0.394 e. The van der Waals surface area contributed by atoms with Crippen molar-refractivity contribution in [2.45, 2.75) is 52.5 Å². The summed E-state index contributed by atoms with van der Waals surface area (Å²) in [6, 6.07) is -0.102. The summed E-state index contributed by atoms with van der Waals surface area (Å²) in [6.07, 6.45) is 3.14. The fourth-order valence-corrected chi connectivity index (χ4v) is 1.92. The van der Waals surface area contributed by atoms with E-state index in [1.54, 1.807) is 0 Å². The predicted octanol–water partition coefficient (Wildman–Crippen LogP) is 1.27. The third-order valence-corrected chi connectivity index (χ3v) is 3.30. The Morgan fingerprint density at radius 3 is 2.41 bits per heavy atom. The topological polar surface area (TPSA) is 75.3 Å². The molecule has 2 atom stereocenters. The molecule has 0 heterocycles. The molecule has 0 fully saturated rings. The van der Waals surface area contributed by atoms with E-state index in [-0.39, 0.29) is 18.6 Å². The summed E-state index contributed by atoms with van der Waals surface area (Å²) in [5, 5.41) is 11.8. The van der Waals surface area contributed by atoms with Crippen molar-refractivity contribution in [3.8, 4) is 0 Å². The van der Waals surface area contributed by atoms with Crippen LogP contribution in [0.3, 0.4) is 0 Å². The minimum atomic E-state index is -0.102. The van der Waals surface area contributed by atoms with Crippen molar-refractivity contribution in [2.75, 3.05) is 13.2 Å². The predicted molar refractivity (Wildman–Crippen MR) is 70.5 cm³/mol. The van der Waals surface area contributed by atoms with Crippen molar-refractivity contribution in [2.24, 2.45) is 17.6 Å². The zero-order valence-corrected chi connectivity index (χ0v) is 11.4. The van der Waals surface area contributed by atoms with Crippen LogP contribution in [0.1, 0.15) is 46.5 Å². The SMILES string of the molecule is CC[C@@H](CO)NC(=O)CCC(CCN)C(C)C. The Hall–Kier alpha value is -0.610. The number of hydrogen-bond acceptors (Lipinski definition) is 3. The Labute approximate surface area is 105 Å². The molecule has 0 aromatic rings. The second-order valence-corrected chi connectivity index (χ2v) is 4.98. The van der Waals surface area contributed by atoms with Crippen LogP contribution in [-0.2, 0) is 4.79 Å². The van der Waals surface area contributed by atoms with Crippen LogP contribution >= 0.6 is 0 Å². The van der Waals surface area contributed by atoms with Gasteiger partial charge < -0.3 is 16.2 Å². The first-order chi connectivity index (χ1) is 8.04. The van der Waals surface area contributed by atoms with E-state index in [1.807, 2.05) is 6.92 Å². The van der Waals surface area contributed by atoms with Gasteiger partial charge in [-0.15, -0.1) is 0 Å². The molecule has 0 aliphatic rings. The lowest BCUT2D eigenvalue weighted by atomic mass is 9.88. The molecule has 102 valence electrons. The second-order valence-electron chi connectivity index (χ2n) is 4.98. The number of hydrogen-bond donors (Lipinski definition) is 3. The van der Waals surface area contributed by atoms with Crippen LogP contribution in [0.4, 0.5) is 0 Å². The molecule has 0 aliphatic heterocycles. The van der Waals surface area contributed by atoms with Gasteiger partial charge in [0.2, 0.25) is 5.91 Å². The molecule has 0 rings (SSSR count). The molecule has 4 N–H and O–H groups in total. The van der Waals surface area contributed by atoms with Crippen LogP contribution in [-0.4, -0.2) is 30.2 Å². The van der Waals surface area contributed by atoms with Gasteiger partial charge in [0, 0.05) is 6.42 Å². The molecule has 0 spiro atoms. The lowest BCUT2D eigenvalue weighted by Crippen LogP contribution is -2.37. The average molecular weight is 244 g/mol. The molecule has 0 aromatic carbocycles. The van der Waals surface area contributed by atoms with E-state index in [2.05, 4.69) is 19.2 Å². The van der Waals surface area contributed by atoms with Crippen molar-refractivity contribution >= 4 is 5.91 Å². The van der Waals surface area contributed by atoms with Crippen molar-refractivity contribution in [3.63, 3.8) is 0 Å². The third-order valence-electron chi connectivity index (χ3n) is 3.30. The molecule has 4 nitrogen and oxygen atoms in total. The summed E-state index contributed by atoms with van der Waals surface area (Å²) in [6.45, 7) is 6.98. The highest BCUT2D eigenvalue weighted by atomic mass is 16.3. The van der Waals surface area contributed by atoms with E-state index < -0.39 is 0 Å². The quantitative estimate of drug-likeness (QED) is 0.572. The van der Waals surface area contributed by atoms with E-state index >= 15 is 0 Å². The van der Waals surface area contributed by atoms with Crippen LogP contribution in [0.25, 0.3) is 0 Å². The van der Waals surface area contributed by atoms with Gasteiger partial charge in [0.1, 0.15) is 0 Å². The standard InChI is InChI=1S/C13H28N2O2/c1-4-12(9-16)15-13(17)6-5-11(7-8-14)10(2)3/h10-12,16H,4-9,14H2,1-3H3,(H,15,17)/t11?,12-/m0/s1. The van der Waals surface area contributed by atoms with Crippen LogP contribution in [0.15, 0.2) is 0 Å². The van der Waals surface area contributed by atoms with E-state index in [0.717, 1.165) is 19.3 Å². The van der Waals surface area contributed by atoms with Gasteiger partial charge in [0.15, 0.2) is 0 Å². The van der Waals surface area contributed by atoms with Gasteiger partial charge in [0.05, 0.1) is 12.6 Å². The minimum absolute atomic E-state index is 0.0125. The molecular weight excluding hydrogens is 216 g/mol. The van der Waals surface area contributed by atoms with Crippen LogP contribution in [0.5, 0.6) is 0 Å². The summed E-state index contributed by atoms with van der Waals surface area (Å²) in [5.41, 5.74) is 5.56. The maximum atomic E-state index is 11.6. The van der Waals surface area contributed by atoms with Gasteiger partial charge in [-0.3, -0.25) is 4.79 Å². The van der Waals surface area contributed by atoms with Crippen LogP contribution in [0.2, 0.25) is 0 Å². The highest BCUT2D eigenvalue weighted by Crippen LogP contribution is 2.20. The lowest BCUT2D eigenvalue weighted by molar-refractivity contribution is -0.122. The summed E-state index contributed by atoms with van der Waals surface area (Å²) in [7, 11) is 0. The summed E-state index contributed by atoms with van der Waals surface area (Å²) in [5.74, 6) is 1.11. The Morgan fingerprint density at radius 1 is 1.35 bits per heavy atom. The Balaban J connectivity index is 3.95. The van der Waals surface area contributed by atoms with Crippen molar-refractivity contribution in [1.82, 2.24) is 5.32 Å².